The van der Waals surface area contributed by atoms with Crippen molar-refractivity contribution >= 4 is 0 Å². The van der Waals surface area contributed by atoms with Crippen molar-refractivity contribution in [1.82, 2.24) is 0 Å². The van der Waals surface area contributed by atoms with E-state index >= 15 is 0 Å². The molecule has 1 aliphatic rings. The minimum absolute atomic E-state index is 0.167. The molecule has 1 unspecified atom stereocenters. The summed E-state index contributed by atoms with van der Waals surface area (Å²) in [7, 11) is 0. The van der Waals surface area contributed by atoms with Gasteiger partial charge in [-0.3, -0.25) is 0 Å². The Kier molecular flexibility index (Phi) is 2.31. The molecule has 1 atom stereocenters. The van der Waals surface area contributed by atoms with E-state index in [-0.39, 0.29) is 11.9 Å². The molecule has 2 N–H and O–H groups in total. The molecule has 2 heteroatoms. The van der Waals surface area contributed by atoms with E-state index < -0.39 is 0 Å². The summed E-state index contributed by atoms with van der Waals surface area (Å²) in [4.78, 5) is 0. The Balaban J connectivity index is 2.08. The van der Waals surface area contributed by atoms with Crippen molar-refractivity contribution in [3.05, 3.63) is 35.6 Å². The maximum absolute atomic E-state index is 12.7. The summed E-state index contributed by atoms with van der Waals surface area (Å²) < 4.78 is 12.7. The third-order valence-electron chi connectivity index (χ3n) is 3.33. The summed E-state index contributed by atoms with van der Waals surface area (Å²) in [6.45, 7) is 2.07. The second-order valence-corrected chi connectivity index (χ2v) is 4.45. The van der Waals surface area contributed by atoms with Gasteiger partial charge in [0, 0.05) is 6.04 Å². The summed E-state index contributed by atoms with van der Waals surface area (Å²) in [5.74, 6) is -0.167. The summed E-state index contributed by atoms with van der Waals surface area (Å²) in [5.41, 5.74) is 7.44. The topological polar surface area (TPSA) is 26.0 Å². The zero-order valence-corrected chi connectivity index (χ0v) is 8.46. The summed E-state index contributed by atoms with van der Waals surface area (Å²) in [6, 6.07) is 7.00. The Bertz CT molecular complexity index is 312. The molecule has 1 fully saturated rings. The van der Waals surface area contributed by atoms with Crippen molar-refractivity contribution in [3.63, 3.8) is 0 Å². The van der Waals surface area contributed by atoms with Gasteiger partial charge in [0.25, 0.3) is 0 Å². The molecule has 1 aliphatic carbocycles. The van der Waals surface area contributed by atoms with Crippen LogP contribution in [0.25, 0.3) is 0 Å². The van der Waals surface area contributed by atoms with Crippen LogP contribution in [0.3, 0.4) is 0 Å². The molecular weight excluding hydrogens is 177 g/mol. The molecule has 1 aromatic rings. The second-order valence-electron chi connectivity index (χ2n) is 4.45. The van der Waals surface area contributed by atoms with Gasteiger partial charge in [-0.05, 0) is 49.3 Å². The van der Waals surface area contributed by atoms with Crippen LogP contribution in [0, 0.1) is 11.2 Å². The number of hydrogen-bond donors (Lipinski definition) is 1. The Hall–Kier alpha value is -0.890. The first-order valence-electron chi connectivity index (χ1n) is 5.12. The first-order valence-corrected chi connectivity index (χ1v) is 5.12. The molecule has 0 aliphatic heterocycles. The molecule has 0 saturated heterocycles. The number of rotatable bonds is 3. The number of halogens is 1. The van der Waals surface area contributed by atoms with E-state index in [9.17, 15) is 4.39 Å². The molecule has 0 spiro atoms. The van der Waals surface area contributed by atoms with Crippen molar-refractivity contribution in [2.75, 3.05) is 0 Å². The van der Waals surface area contributed by atoms with Crippen LogP contribution in [-0.4, -0.2) is 6.04 Å². The molecule has 1 aromatic carbocycles. The minimum Gasteiger partial charge on any atom is -0.327 e. The number of benzene rings is 1. The van der Waals surface area contributed by atoms with Crippen LogP contribution < -0.4 is 5.73 Å². The van der Waals surface area contributed by atoms with Crippen molar-refractivity contribution in [2.24, 2.45) is 11.1 Å². The van der Waals surface area contributed by atoms with Crippen LogP contribution in [0.5, 0.6) is 0 Å². The van der Waals surface area contributed by atoms with Gasteiger partial charge < -0.3 is 5.73 Å². The van der Waals surface area contributed by atoms with Crippen molar-refractivity contribution in [1.29, 1.82) is 0 Å². The van der Waals surface area contributed by atoms with Gasteiger partial charge in [-0.2, -0.15) is 0 Å². The third-order valence-corrected chi connectivity index (χ3v) is 3.33. The molecule has 76 valence electrons. The first-order chi connectivity index (χ1) is 6.62. The van der Waals surface area contributed by atoms with Gasteiger partial charge in [0.2, 0.25) is 0 Å². The highest BCUT2D eigenvalue weighted by molar-refractivity contribution is 5.20. The van der Waals surface area contributed by atoms with Gasteiger partial charge in [-0.25, -0.2) is 4.39 Å². The fourth-order valence-corrected chi connectivity index (χ4v) is 1.96. The fourth-order valence-electron chi connectivity index (χ4n) is 1.96. The highest BCUT2D eigenvalue weighted by atomic mass is 19.1. The lowest BCUT2D eigenvalue weighted by Crippen LogP contribution is -2.29. The predicted octanol–water partition coefficient (Wildman–Crippen LogP) is 2.50. The maximum atomic E-state index is 12.7. The summed E-state index contributed by atoms with van der Waals surface area (Å²) in [5, 5.41) is 0. The van der Waals surface area contributed by atoms with Crippen LogP contribution in [0.2, 0.25) is 0 Å². The predicted molar refractivity (Wildman–Crippen MR) is 55.4 cm³/mol. The molecule has 0 bridgehead atoms. The second kappa shape index (κ2) is 3.35. The Labute approximate surface area is 84.1 Å². The summed E-state index contributed by atoms with van der Waals surface area (Å²) >= 11 is 0. The van der Waals surface area contributed by atoms with E-state index in [0.717, 1.165) is 6.42 Å². The van der Waals surface area contributed by atoms with Gasteiger partial charge in [-0.1, -0.05) is 12.1 Å². The van der Waals surface area contributed by atoms with Crippen LogP contribution in [0.1, 0.15) is 25.3 Å². The molecule has 1 saturated carbocycles. The molecular formula is C12H16FN. The lowest BCUT2D eigenvalue weighted by Gasteiger charge is -2.19. The number of nitrogens with two attached hydrogens (primary N) is 1. The Morgan fingerprint density at radius 3 is 2.36 bits per heavy atom. The van der Waals surface area contributed by atoms with Crippen LogP contribution in [0.15, 0.2) is 24.3 Å². The van der Waals surface area contributed by atoms with E-state index in [1.165, 1.54) is 30.5 Å². The van der Waals surface area contributed by atoms with Gasteiger partial charge in [0.05, 0.1) is 0 Å². The highest BCUT2D eigenvalue weighted by Crippen LogP contribution is 2.50. The van der Waals surface area contributed by atoms with Gasteiger partial charge in [-0.15, -0.1) is 0 Å². The van der Waals surface area contributed by atoms with Gasteiger partial charge in [0.15, 0.2) is 0 Å². The van der Waals surface area contributed by atoms with Gasteiger partial charge >= 0.3 is 0 Å². The van der Waals surface area contributed by atoms with E-state index in [4.69, 9.17) is 5.73 Å². The molecule has 0 aromatic heterocycles. The highest BCUT2D eigenvalue weighted by Gasteiger charge is 2.45. The van der Waals surface area contributed by atoms with E-state index in [0.29, 0.717) is 5.41 Å². The van der Waals surface area contributed by atoms with Crippen LogP contribution >= 0.6 is 0 Å². The Morgan fingerprint density at radius 2 is 1.93 bits per heavy atom. The average Bonchev–Trinajstić information content (AvgIpc) is 2.90. The molecule has 14 heavy (non-hydrogen) atoms. The first kappa shape index (κ1) is 9.66. The summed E-state index contributed by atoms with van der Waals surface area (Å²) in [6.07, 6.45) is 3.41. The molecule has 0 radical (unpaired) electrons. The average molecular weight is 193 g/mol. The monoisotopic (exact) mass is 193 g/mol. The SMILES string of the molecule is CC(N)C1(Cc2ccc(F)cc2)CC1. The van der Waals surface area contributed by atoms with Crippen molar-refractivity contribution in [2.45, 2.75) is 32.2 Å². The number of hydrogen-bond acceptors (Lipinski definition) is 1. The Morgan fingerprint density at radius 1 is 1.36 bits per heavy atom. The largest absolute Gasteiger partial charge is 0.327 e. The van der Waals surface area contributed by atoms with E-state index in [2.05, 4.69) is 6.92 Å². The van der Waals surface area contributed by atoms with E-state index in [1.54, 1.807) is 0 Å². The molecule has 1 nitrogen and oxygen atoms in total. The van der Waals surface area contributed by atoms with E-state index in [1.807, 2.05) is 12.1 Å². The van der Waals surface area contributed by atoms with Crippen LogP contribution in [-0.2, 0) is 6.42 Å². The van der Waals surface area contributed by atoms with Crippen molar-refractivity contribution < 1.29 is 4.39 Å². The molecule has 0 heterocycles. The van der Waals surface area contributed by atoms with Gasteiger partial charge in [0.1, 0.15) is 5.82 Å². The lowest BCUT2D eigenvalue weighted by atomic mass is 9.90. The van der Waals surface area contributed by atoms with Crippen LogP contribution in [0.4, 0.5) is 4.39 Å². The third kappa shape index (κ3) is 1.80. The quantitative estimate of drug-likeness (QED) is 0.784. The molecule has 2 rings (SSSR count). The zero-order chi connectivity index (χ0) is 10.2. The standard InChI is InChI=1S/C12H16FN/c1-9(14)12(6-7-12)8-10-2-4-11(13)5-3-10/h2-5,9H,6-8,14H2,1H3. The maximum Gasteiger partial charge on any atom is 0.123 e. The lowest BCUT2D eigenvalue weighted by molar-refractivity contribution is 0.418. The molecule has 0 amide bonds. The zero-order valence-electron chi connectivity index (χ0n) is 8.46. The minimum atomic E-state index is -0.167. The fraction of sp³-hybridized carbons (Fsp3) is 0.500. The normalized spacial score (nSPS) is 20.5. The smallest absolute Gasteiger partial charge is 0.123 e. The van der Waals surface area contributed by atoms with Crippen molar-refractivity contribution in [3.8, 4) is 0 Å².